The Morgan fingerprint density at radius 3 is 2.65 bits per heavy atom. The van der Waals surface area contributed by atoms with Crippen LogP contribution in [0.15, 0.2) is 75.8 Å². The van der Waals surface area contributed by atoms with Gasteiger partial charge in [0.2, 0.25) is 23.6 Å². The molecule has 6 N–H and O–H groups in total. The lowest BCUT2D eigenvalue weighted by Crippen LogP contribution is -2.55. The SMILES string of the molecule is CCC(CO)(CO)C(=O)N[C@H]1Cc2ccc3c(c2)C24c5cccc(c5NC2O3)-c2cccc3[nH]cc(c23)-c2cnc(o2)-c2nc(oc24)[C@H](C(C)C)NC1=O. The zero-order valence-electron chi connectivity index (χ0n) is 29.8. The lowest BCUT2D eigenvalue weighted by molar-refractivity contribution is -0.140. The van der Waals surface area contributed by atoms with Crippen LogP contribution in [0.25, 0.3) is 44.9 Å². The fraction of sp³-hybridized carbons (Fsp3) is 0.317. The fourth-order valence-electron chi connectivity index (χ4n) is 8.75. The van der Waals surface area contributed by atoms with Crippen LogP contribution < -0.4 is 20.7 Å². The molecule has 13 nitrogen and oxygen atoms in total. The third-order valence-electron chi connectivity index (χ3n) is 11.9. The van der Waals surface area contributed by atoms with Gasteiger partial charge < -0.3 is 44.7 Å². The van der Waals surface area contributed by atoms with Crippen molar-refractivity contribution >= 4 is 28.4 Å². The van der Waals surface area contributed by atoms with E-state index in [-0.39, 0.29) is 30.5 Å². The molecule has 0 fully saturated rings. The molecule has 7 heterocycles. The summed E-state index contributed by atoms with van der Waals surface area (Å²) in [6.07, 6.45) is 3.25. The van der Waals surface area contributed by atoms with Gasteiger partial charge in [0.25, 0.3) is 0 Å². The molecular weight excluding hydrogens is 688 g/mol. The van der Waals surface area contributed by atoms with E-state index in [1.165, 1.54) is 0 Å². The molecule has 6 aromatic rings. The van der Waals surface area contributed by atoms with Crippen molar-refractivity contribution in [3.8, 4) is 39.8 Å². The van der Waals surface area contributed by atoms with Gasteiger partial charge in [-0.05, 0) is 35.6 Å². The number of benzene rings is 3. The molecule has 2 amide bonds. The molecule has 4 aliphatic rings. The van der Waals surface area contributed by atoms with E-state index in [2.05, 4.69) is 39.1 Å². The Morgan fingerprint density at radius 1 is 1.04 bits per heavy atom. The highest BCUT2D eigenvalue weighted by Crippen LogP contribution is 2.61. The summed E-state index contributed by atoms with van der Waals surface area (Å²) in [5.41, 5.74) is 4.95. The van der Waals surface area contributed by atoms with E-state index in [0.29, 0.717) is 23.0 Å². The number of carbonyl (C=O) groups is 2. The molecule has 3 aromatic carbocycles. The number of aromatic nitrogens is 3. The smallest absolute Gasteiger partial charge is 0.249 e. The maximum Gasteiger partial charge on any atom is 0.249 e. The van der Waals surface area contributed by atoms with Gasteiger partial charge in [0.05, 0.1) is 24.8 Å². The molecule has 4 atom stereocenters. The van der Waals surface area contributed by atoms with Gasteiger partial charge in [-0.15, -0.1) is 0 Å². The van der Waals surface area contributed by atoms with E-state index >= 15 is 0 Å². The number of carbonyl (C=O) groups excluding carboxylic acids is 2. The van der Waals surface area contributed by atoms with Crippen molar-refractivity contribution in [1.82, 2.24) is 25.6 Å². The molecule has 274 valence electrons. The quantitative estimate of drug-likeness (QED) is 0.134. The van der Waals surface area contributed by atoms with Gasteiger partial charge >= 0.3 is 0 Å². The van der Waals surface area contributed by atoms with Crippen molar-refractivity contribution in [3.63, 3.8) is 0 Å². The van der Waals surface area contributed by atoms with Gasteiger partial charge in [0.15, 0.2) is 23.4 Å². The summed E-state index contributed by atoms with van der Waals surface area (Å²) in [4.78, 5) is 41.3. The number of aromatic amines is 1. The maximum atomic E-state index is 14.3. The number of nitrogens with one attached hydrogen (secondary N) is 4. The molecule has 0 saturated carbocycles. The van der Waals surface area contributed by atoms with Crippen molar-refractivity contribution in [3.05, 3.63) is 95.3 Å². The Bertz CT molecular complexity index is 2520. The highest BCUT2D eigenvalue weighted by molar-refractivity contribution is 6.07. The summed E-state index contributed by atoms with van der Waals surface area (Å²) in [5, 5.41) is 31.1. The predicted molar refractivity (Wildman–Crippen MR) is 197 cm³/mol. The second-order valence-corrected chi connectivity index (χ2v) is 15.1. The average Bonchev–Trinajstić information content (AvgIpc) is 4.00. The number of H-pyrrole nitrogens is 1. The highest BCUT2D eigenvalue weighted by atomic mass is 16.5. The zero-order valence-corrected chi connectivity index (χ0v) is 29.8. The second-order valence-electron chi connectivity index (χ2n) is 15.1. The van der Waals surface area contributed by atoms with Crippen molar-refractivity contribution in [2.45, 2.75) is 57.3 Å². The minimum atomic E-state index is -1.46. The number of hydrogen-bond donors (Lipinski definition) is 6. The number of hydrogen-bond acceptors (Lipinski definition) is 10. The van der Waals surface area contributed by atoms with E-state index in [4.69, 9.17) is 23.5 Å². The summed E-state index contributed by atoms with van der Waals surface area (Å²) in [6, 6.07) is 16.4. The largest absolute Gasteiger partial charge is 0.469 e. The minimum absolute atomic E-state index is 0.119. The normalized spacial score (nSPS) is 21.8. The van der Waals surface area contributed by atoms with Gasteiger partial charge in [-0.2, -0.15) is 0 Å². The summed E-state index contributed by atoms with van der Waals surface area (Å²) in [5.74, 6) is 0.854. The predicted octanol–water partition coefficient (Wildman–Crippen LogP) is 5.17. The van der Waals surface area contributed by atoms with Gasteiger partial charge in [-0.25, -0.2) is 9.97 Å². The van der Waals surface area contributed by atoms with Crippen molar-refractivity contribution in [2.75, 3.05) is 18.5 Å². The average molecular weight is 727 g/mol. The van der Waals surface area contributed by atoms with Crippen LogP contribution in [0.5, 0.6) is 5.75 Å². The molecule has 0 saturated heterocycles. The summed E-state index contributed by atoms with van der Waals surface area (Å²) in [7, 11) is 0. The molecular formula is C41H38N6O7. The van der Waals surface area contributed by atoms with Crippen molar-refractivity contribution in [2.24, 2.45) is 11.3 Å². The highest BCUT2D eigenvalue weighted by Gasteiger charge is 2.61. The van der Waals surface area contributed by atoms with E-state index in [0.717, 1.165) is 50.0 Å². The number of para-hydroxylation sites is 1. The van der Waals surface area contributed by atoms with Crippen molar-refractivity contribution in [1.29, 1.82) is 0 Å². The Labute approximate surface area is 309 Å². The minimum Gasteiger partial charge on any atom is -0.469 e. The Hall–Kier alpha value is -5.92. The van der Waals surface area contributed by atoms with Crippen LogP contribution in [-0.4, -0.2) is 62.5 Å². The lowest BCUT2D eigenvalue weighted by Gasteiger charge is -2.31. The van der Waals surface area contributed by atoms with Crippen LogP contribution in [-0.2, 0) is 21.4 Å². The summed E-state index contributed by atoms with van der Waals surface area (Å²) in [6.45, 7) is 4.46. The molecule has 4 aliphatic heterocycles. The number of anilines is 1. The third kappa shape index (κ3) is 4.27. The van der Waals surface area contributed by atoms with Crippen LogP contribution in [0.1, 0.15) is 61.6 Å². The number of nitrogens with zero attached hydrogens (tertiary/aromatic N) is 2. The molecule has 1 spiro atoms. The topological polar surface area (TPSA) is 188 Å². The number of aliphatic hydroxyl groups is 2. The number of aliphatic hydroxyl groups excluding tert-OH is 2. The standard InChI is InChI=1S/C41H38N6O7/c1-4-40(17-48,18-49)38(51)44-27-14-20-11-12-28-25(13-20)41-24-9-5-8-22(32(24)47-39(41)53-28)21-7-6-10-26-30(21)23(15-42-26)29-16-43-36(52-29)33-34(41)54-37(46-33)31(19(2)3)45-35(27)50/h5-13,15-16,19,27,31,39,42,47-49H,4,14,17-18H2,1-3H3,(H,44,51)(H,45,50)/t27-,31-,39?,41?/m0/s1. The van der Waals surface area contributed by atoms with Crippen LogP contribution in [0.4, 0.5) is 5.69 Å². The third-order valence-corrected chi connectivity index (χ3v) is 11.9. The van der Waals surface area contributed by atoms with E-state index < -0.39 is 54.2 Å². The molecule has 54 heavy (non-hydrogen) atoms. The molecule has 13 heteroatoms. The summed E-state index contributed by atoms with van der Waals surface area (Å²) >= 11 is 0. The van der Waals surface area contributed by atoms with E-state index in [1.807, 2.05) is 56.4 Å². The van der Waals surface area contributed by atoms with E-state index in [1.54, 1.807) is 13.1 Å². The summed E-state index contributed by atoms with van der Waals surface area (Å²) < 4.78 is 20.4. The molecule has 10 rings (SSSR count). The van der Waals surface area contributed by atoms with Gasteiger partial charge in [-0.1, -0.05) is 63.2 Å². The molecule has 2 unspecified atom stereocenters. The molecule has 3 aromatic heterocycles. The van der Waals surface area contributed by atoms with Crippen molar-refractivity contribution < 1.29 is 33.4 Å². The Kier molecular flexibility index (Phi) is 6.99. The first-order valence-corrected chi connectivity index (χ1v) is 18.3. The van der Waals surface area contributed by atoms with Crippen LogP contribution in [0.3, 0.4) is 0 Å². The molecule has 0 radical (unpaired) electrons. The Balaban J connectivity index is 1.26. The first-order chi connectivity index (χ1) is 26.2. The maximum absolute atomic E-state index is 14.3. The van der Waals surface area contributed by atoms with E-state index in [9.17, 15) is 19.8 Å². The van der Waals surface area contributed by atoms with Crippen LogP contribution >= 0.6 is 0 Å². The van der Waals surface area contributed by atoms with Gasteiger partial charge in [0.1, 0.15) is 23.2 Å². The number of rotatable bonds is 6. The first-order valence-electron chi connectivity index (χ1n) is 18.3. The second kappa shape index (κ2) is 11.5. The first kappa shape index (κ1) is 32.7. The number of fused-ring (bicyclic) bond motifs is 7. The number of ether oxygens (including phenoxy) is 1. The van der Waals surface area contributed by atoms with Gasteiger partial charge in [-0.3, -0.25) is 9.59 Å². The fourth-order valence-corrected chi connectivity index (χ4v) is 8.75. The van der Waals surface area contributed by atoms with Crippen LogP contribution in [0.2, 0.25) is 0 Å². The zero-order chi connectivity index (χ0) is 37.1. The van der Waals surface area contributed by atoms with Crippen LogP contribution in [0, 0.1) is 11.3 Å². The van der Waals surface area contributed by atoms with Gasteiger partial charge in [0, 0.05) is 51.5 Å². The number of oxazole rings is 2. The number of amides is 2. The lowest BCUT2D eigenvalue weighted by atomic mass is 9.72. The Morgan fingerprint density at radius 2 is 1.85 bits per heavy atom. The molecule has 0 aliphatic carbocycles. The molecule has 10 bridgehead atoms. The monoisotopic (exact) mass is 726 g/mol.